The Hall–Kier alpha value is -0.340. The number of pyridine rings is 1. The van der Waals surface area contributed by atoms with Crippen LogP contribution in [0.4, 0.5) is 4.39 Å². The van der Waals surface area contributed by atoms with E-state index in [0.717, 1.165) is 6.07 Å². The monoisotopic (exact) mass is 164 g/mol. The second-order valence-electron chi connectivity index (χ2n) is 1.35. The zero-order valence-electron chi connectivity index (χ0n) is 4.16. The molecule has 1 aromatic heterocycles. The highest BCUT2D eigenvalue weighted by molar-refractivity contribution is 6.41. The molecule has 0 aromatic carbocycles. The number of hydrogen-bond acceptors (Lipinski definition) is 1. The van der Waals surface area contributed by atoms with E-state index in [0.29, 0.717) is 0 Å². The van der Waals surface area contributed by atoms with Crippen molar-refractivity contribution >= 4 is 23.2 Å². The lowest BCUT2D eigenvalue weighted by Gasteiger charge is -1.89. The Kier molecular flexibility index (Phi) is 1.88. The Balaban J connectivity index is 3.17. The molecular formula is C5HCl2FN. The highest BCUT2D eigenvalue weighted by Crippen LogP contribution is 2.19. The summed E-state index contributed by atoms with van der Waals surface area (Å²) in [6.07, 6.45) is 2.18. The van der Waals surface area contributed by atoms with Crippen LogP contribution >= 0.6 is 23.2 Å². The smallest absolute Gasteiger partial charge is 0.215 e. The molecule has 1 aromatic rings. The van der Waals surface area contributed by atoms with E-state index in [1.807, 2.05) is 0 Å². The molecule has 9 heavy (non-hydrogen) atoms. The molecule has 1 heterocycles. The molecule has 0 aliphatic rings. The Labute approximate surface area is 61.4 Å². The third kappa shape index (κ3) is 1.53. The molecule has 4 heteroatoms. The van der Waals surface area contributed by atoms with Crippen molar-refractivity contribution in [1.29, 1.82) is 0 Å². The maximum atomic E-state index is 12.1. The first-order valence-corrected chi connectivity index (χ1v) is 2.85. The summed E-state index contributed by atoms with van der Waals surface area (Å²) < 4.78 is 12.1. The maximum Gasteiger partial charge on any atom is 0.215 e. The maximum absolute atomic E-state index is 12.1. The fourth-order valence-electron chi connectivity index (χ4n) is 0.356. The average Bonchev–Trinajstić information content (AvgIpc) is 1.80. The molecule has 0 unspecified atom stereocenters. The average molecular weight is 165 g/mol. The van der Waals surface area contributed by atoms with Crippen LogP contribution in [0.25, 0.3) is 0 Å². The van der Waals surface area contributed by atoms with E-state index in [1.54, 1.807) is 0 Å². The first-order chi connectivity index (χ1) is 4.20. The molecule has 47 valence electrons. The summed E-state index contributed by atoms with van der Waals surface area (Å²) in [7, 11) is 0. The lowest BCUT2D eigenvalue weighted by molar-refractivity contribution is 0.583. The van der Waals surface area contributed by atoms with Gasteiger partial charge in [-0.1, -0.05) is 23.2 Å². The van der Waals surface area contributed by atoms with Crippen LogP contribution in [-0.2, 0) is 0 Å². The van der Waals surface area contributed by atoms with E-state index in [4.69, 9.17) is 23.2 Å². The van der Waals surface area contributed by atoms with E-state index in [9.17, 15) is 4.39 Å². The van der Waals surface area contributed by atoms with Gasteiger partial charge in [0, 0.05) is 6.07 Å². The van der Waals surface area contributed by atoms with E-state index in [-0.39, 0.29) is 10.0 Å². The van der Waals surface area contributed by atoms with Crippen LogP contribution < -0.4 is 0 Å². The summed E-state index contributed by atoms with van der Waals surface area (Å²) in [5, 5.41) is 0.266. The largest absolute Gasteiger partial charge is 0.216 e. The predicted octanol–water partition coefficient (Wildman–Crippen LogP) is 2.33. The summed E-state index contributed by atoms with van der Waals surface area (Å²) in [5.41, 5.74) is 0. The first kappa shape index (κ1) is 6.78. The Morgan fingerprint density at radius 2 is 2.22 bits per heavy atom. The van der Waals surface area contributed by atoms with Crippen LogP contribution in [0.2, 0.25) is 10.0 Å². The van der Waals surface area contributed by atoms with Gasteiger partial charge in [0.1, 0.15) is 6.20 Å². The van der Waals surface area contributed by atoms with Crippen molar-refractivity contribution in [2.75, 3.05) is 0 Å². The van der Waals surface area contributed by atoms with Crippen molar-refractivity contribution in [2.45, 2.75) is 0 Å². The SMILES string of the molecule is Fc1cc(Cl)c(Cl)[c]n1. The Morgan fingerprint density at radius 1 is 1.56 bits per heavy atom. The van der Waals surface area contributed by atoms with Gasteiger partial charge in [0.05, 0.1) is 10.0 Å². The van der Waals surface area contributed by atoms with Crippen LogP contribution in [0.3, 0.4) is 0 Å². The van der Waals surface area contributed by atoms with Gasteiger partial charge in [-0.2, -0.15) is 4.39 Å². The summed E-state index contributed by atoms with van der Waals surface area (Å²) in [6.45, 7) is 0. The van der Waals surface area contributed by atoms with Gasteiger partial charge in [0.25, 0.3) is 0 Å². The number of halogens is 3. The predicted molar refractivity (Wildman–Crippen MR) is 33.1 cm³/mol. The van der Waals surface area contributed by atoms with E-state index in [1.165, 1.54) is 0 Å². The molecule has 0 N–H and O–H groups in total. The number of aromatic nitrogens is 1. The molecule has 0 atom stereocenters. The molecule has 1 radical (unpaired) electrons. The van der Waals surface area contributed by atoms with Gasteiger partial charge >= 0.3 is 0 Å². The minimum Gasteiger partial charge on any atom is -0.216 e. The van der Waals surface area contributed by atoms with Crippen molar-refractivity contribution in [3.8, 4) is 0 Å². The molecule has 0 spiro atoms. The van der Waals surface area contributed by atoms with Crippen molar-refractivity contribution in [3.63, 3.8) is 0 Å². The molecule has 0 fully saturated rings. The fourth-order valence-corrected chi connectivity index (χ4v) is 0.585. The quantitative estimate of drug-likeness (QED) is 0.537. The molecule has 1 nitrogen and oxygen atoms in total. The second kappa shape index (κ2) is 2.50. The van der Waals surface area contributed by atoms with E-state index < -0.39 is 5.95 Å². The van der Waals surface area contributed by atoms with Crippen molar-refractivity contribution in [3.05, 3.63) is 28.3 Å². The van der Waals surface area contributed by atoms with Gasteiger partial charge in [-0.05, 0) is 0 Å². The normalized spacial score (nSPS) is 9.67. The first-order valence-electron chi connectivity index (χ1n) is 2.09. The third-order valence-electron chi connectivity index (χ3n) is 0.716. The molecule has 1 rings (SSSR count). The van der Waals surface area contributed by atoms with Crippen molar-refractivity contribution < 1.29 is 4.39 Å². The summed E-state index contributed by atoms with van der Waals surface area (Å²) in [5.74, 6) is -0.676. The van der Waals surface area contributed by atoms with Gasteiger partial charge in [-0.3, -0.25) is 0 Å². The van der Waals surface area contributed by atoms with Gasteiger partial charge < -0.3 is 0 Å². The van der Waals surface area contributed by atoms with Crippen molar-refractivity contribution in [1.82, 2.24) is 4.98 Å². The third-order valence-corrected chi connectivity index (χ3v) is 1.40. The number of nitrogens with zero attached hydrogens (tertiary/aromatic N) is 1. The molecule has 0 saturated heterocycles. The fraction of sp³-hybridized carbons (Fsp3) is 0. The Morgan fingerprint density at radius 3 is 2.67 bits per heavy atom. The van der Waals surface area contributed by atoms with E-state index in [2.05, 4.69) is 11.2 Å². The lowest BCUT2D eigenvalue weighted by atomic mass is 10.5. The summed E-state index contributed by atoms with van der Waals surface area (Å²) in [6, 6.07) is 1.03. The highest BCUT2D eigenvalue weighted by Gasteiger charge is 1.98. The molecule has 0 aliphatic heterocycles. The molecule has 0 saturated carbocycles. The van der Waals surface area contributed by atoms with Crippen LogP contribution in [0.5, 0.6) is 0 Å². The standard InChI is InChI=1S/C5HCl2FN/c6-3-1-5(8)9-2-4(3)7/h1H. The lowest BCUT2D eigenvalue weighted by Crippen LogP contribution is -1.80. The molecular weight excluding hydrogens is 164 g/mol. The zero-order valence-corrected chi connectivity index (χ0v) is 5.67. The minimum atomic E-state index is -0.676. The number of rotatable bonds is 0. The Bertz CT molecular complexity index is 226. The highest BCUT2D eigenvalue weighted by atomic mass is 35.5. The second-order valence-corrected chi connectivity index (χ2v) is 2.14. The van der Waals surface area contributed by atoms with Gasteiger partial charge in [-0.15, -0.1) is 0 Å². The molecule has 0 amide bonds. The van der Waals surface area contributed by atoms with Gasteiger partial charge in [0.15, 0.2) is 0 Å². The molecule has 0 bridgehead atoms. The van der Waals surface area contributed by atoms with Crippen LogP contribution in [0, 0.1) is 12.1 Å². The summed E-state index contributed by atoms with van der Waals surface area (Å²) in [4.78, 5) is 3.13. The van der Waals surface area contributed by atoms with Crippen LogP contribution in [-0.4, -0.2) is 4.98 Å². The van der Waals surface area contributed by atoms with Crippen molar-refractivity contribution in [2.24, 2.45) is 0 Å². The number of hydrogen-bond donors (Lipinski definition) is 0. The minimum absolute atomic E-state index is 0.129. The van der Waals surface area contributed by atoms with Crippen LogP contribution in [0.1, 0.15) is 0 Å². The van der Waals surface area contributed by atoms with E-state index >= 15 is 0 Å². The van der Waals surface area contributed by atoms with Gasteiger partial charge in [-0.25, -0.2) is 4.98 Å². The summed E-state index contributed by atoms with van der Waals surface area (Å²) >= 11 is 10.7. The van der Waals surface area contributed by atoms with Gasteiger partial charge in [0.2, 0.25) is 5.95 Å². The zero-order chi connectivity index (χ0) is 6.85. The van der Waals surface area contributed by atoms with Crippen LogP contribution in [0.15, 0.2) is 6.07 Å². The topological polar surface area (TPSA) is 12.9 Å². The molecule has 0 aliphatic carbocycles.